The van der Waals surface area contributed by atoms with Crippen LogP contribution >= 0.6 is 0 Å². The van der Waals surface area contributed by atoms with Crippen molar-refractivity contribution < 1.29 is 8.83 Å². The molecule has 0 fully saturated rings. The van der Waals surface area contributed by atoms with E-state index in [9.17, 15) is 0 Å². The summed E-state index contributed by atoms with van der Waals surface area (Å²) in [6.45, 7) is 0. The molecule has 266 valence electrons. The van der Waals surface area contributed by atoms with E-state index in [1.54, 1.807) is 0 Å². The van der Waals surface area contributed by atoms with Crippen LogP contribution in [0.4, 0.5) is 17.1 Å². The van der Waals surface area contributed by atoms with Gasteiger partial charge >= 0.3 is 0 Å². The SMILES string of the molecule is c1ccc(-c2cccc(N(c3cccc(-c4cccc5c6ccc7oc8ccccc8c7c6c6ccccc6c45)c3)c3cccc4c3oc3ccccc34)c2)cc1. The van der Waals surface area contributed by atoms with E-state index in [2.05, 4.69) is 193 Å². The molecule has 0 unspecified atom stereocenters. The Morgan fingerprint density at radius 3 is 1.63 bits per heavy atom. The number of anilines is 3. The molecule has 0 aliphatic rings. The van der Waals surface area contributed by atoms with Crippen LogP contribution < -0.4 is 4.90 Å². The van der Waals surface area contributed by atoms with E-state index < -0.39 is 0 Å². The first kappa shape index (κ1) is 31.7. The lowest BCUT2D eigenvalue weighted by atomic mass is 9.88. The fourth-order valence-corrected chi connectivity index (χ4v) is 9.15. The highest BCUT2D eigenvalue weighted by atomic mass is 16.3. The minimum atomic E-state index is 0.856. The molecular weight excluding hydrogens is 695 g/mol. The lowest BCUT2D eigenvalue weighted by Crippen LogP contribution is -2.10. The minimum Gasteiger partial charge on any atom is -0.456 e. The molecule has 12 rings (SSSR count). The van der Waals surface area contributed by atoms with Crippen molar-refractivity contribution in [3.8, 4) is 22.3 Å². The van der Waals surface area contributed by atoms with Gasteiger partial charge in [0.15, 0.2) is 5.58 Å². The largest absolute Gasteiger partial charge is 0.456 e. The van der Waals surface area contributed by atoms with Gasteiger partial charge in [-0.1, -0.05) is 146 Å². The van der Waals surface area contributed by atoms with Crippen LogP contribution in [0.3, 0.4) is 0 Å². The summed E-state index contributed by atoms with van der Waals surface area (Å²) < 4.78 is 13.1. The fourth-order valence-electron chi connectivity index (χ4n) is 9.15. The molecule has 3 heteroatoms. The van der Waals surface area contributed by atoms with Crippen LogP contribution in [0.1, 0.15) is 0 Å². The van der Waals surface area contributed by atoms with Crippen LogP contribution in [0.2, 0.25) is 0 Å². The van der Waals surface area contributed by atoms with E-state index in [1.807, 2.05) is 12.1 Å². The number of para-hydroxylation sites is 3. The maximum atomic E-state index is 6.69. The number of benzene rings is 10. The zero-order chi connectivity index (χ0) is 37.5. The average Bonchev–Trinajstić information content (AvgIpc) is 3.86. The Morgan fingerprint density at radius 2 is 0.842 bits per heavy atom. The van der Waals surface area contributed by atoms with Gasteiger partial charge in [0.1, 0.15) is 16.7 Å². The van der Waals surface area contributed by atoms with Gasteiger partial charge in [-0.3, -0.25) is 0 Å². The molecule has 0 amide bonds. The number of fused-ring (bicyclic) bond motifs is 13. The monoisotopic (exact) mass is 727 g/mol. The molecule has 10 aromatic carbocycles. The van der Waals surface area contributed by atoms with Crippen LogP contribution in [0, 0.1) is 0 Å². The summed E-state index contributed by atoms with van der Waals surface area (Å²) in [7, 11) is 0. The second-order valence-corrected chi connectivity index (χ2v) is 14.8. The number of rotatable bonds is 5. The van der Waals surface area contributed by atoms with E-state index in [1.165, 1.54) is 48.8 Å². The van der Waals surface area contributed by atoms with E-state index in [-0.39, 0.29) is 0 Å². The van der Waals surface area contributed by atoms with Crippen LogP contribution in [-0.4, -0.2) is 0 Å². The third-order valence-corrected chi connectivity index (χ3v) is 11.6. The zero-order valence-electron chi connectivity index (χ0n) is 30.8. The van der Waals surface area contributed by atoms with Gasteiger partial charge in [-0.05, 0) is 104 Å². The van der Waals surface area contributed by atoms with E-state index >= 15 is 0 Å². The number of hydrogen-bond acceptors (Lipinski definition) is 3. The van der Waals surface area contributed by atoms with E-state index in [0.717, 1.165) is 66.7 Å². The summed E-state index contributed by atoms with van der Waals surface area (Å²) in [5, 5.41) is 11.9. The molecular formula is C54H33NO2. The van der Waals surface area contributed by atoms with Crippen LogP contribution in [0.25, 0.3) is 98.4 Å². The lowest BCUT2D eigenvalue weighted by molar-refractivity contribution is 0.669. The first-order valence-electron chi connectivity index (χ1n) is 19.4. The summed E-state index contributed by atoms with van der Waals surface area (Å²) in [5.74, 6) is 0. The molecule has 0 spiro atoms. The Bertz CT molecular complexity index is 3510. The first-order valence-corrected chi connectivity index (χ1v) is 19.4. The molecule has 0 saturated carbocycles. The number of hydrogen-bond donors (Lipinski definition) is 0. The van der Waals surface area contributed by atoms with Crippen LogP contribution in [0.15, 0.2) is 209 Å². The molecule has 2 heterocycles. The van der Waals surface area contributed by atoms with Gasteiger partial charge in [0.25, 0.3) is 0 Å². The summed E-state index contributed by atoms with van der Waals surface area (Å²) in [5.41, 5.74) is 11.3. The van der Waals surface area contributed by atoms with Gasteiger partial charge in [0.05, 0.1) is 5.69 Å². The number of nitrogens with zero attached hydrogens (tertiary/aromatic N) is 1. The quantitative estimate of drug-likeness (QED) is 0.165. The van der Waals surface area contributed by atoms with Crippen LogP contribution in [-0.2, 0) is 0 Å². The Balaban J connectivity index is 1.11. The normalized spacial score (nSPS) is 11.9. The lowest BCUT2D eigenvalue weighted by Gasteiger charge is -2.27. The summed E-state index contributed by atoms with van der Waals surface area (Å²) in [6.07, 6.45) is 0. The first-order chi connectivity index (χ1) is 28.3. The molecule has 0 aliphatic heterocycles. The molecule has 12 aromatic rings. The van der Waals surface area contributed by atoms with E-state index in [0.29, 0.717) is 0 Å². The van der Waals surface area contributed by atoms with Crippen molar-refractivity contribution in [1.82, 2.24) is 0 Å². The van der Waals surface area contributed by atoms with Crippen molar-refractivity contribution in [3.05, 3.63) is 200 Å². The van der Waals surface area contributed by atoms with Crippen molar-refractivity contribution in [1.29, 1.82) is 0 Å². The molecule has 0 bridgehead atoms. The van der Waals surface area contributed by atoms with Gasteiger partial charge in [-0.2, -0.15) is 0 Å². The summed E-state index contributed by atoms with van der Waals surface area (Å²) in [6, 6.07) is 71.4. The molecule has 0 saturated heterocycles. The van der Waals surface area contributed by atoms with Gasteiger partial charge < -0.3 is 13.7 Å². The van der Waals surface area contributed by atoms with Gasteiger partial charge in [0, 0.05) is 38.3 Å². The Labute approximate surface area is 328 Å². The Morgan fingerprint density at radius 1 is 0.298 bits per heavy atom. The molecule has 0 atom stereocenters. The molecule has 0 N–H and O–H groups in total. The molecule has 0 aliphatic carbocycles. The third-order valence-electron chi connectivity index (χ3n) is 11.6. The Hall–Kier alpha value is -7.62. The highest BCUT2D eigenvalue weighted by Crippen LogP contribution is 2.47. The maximum Gasteiger partial charge on any atom is 0.159 e. The topological polar surface area (TPSA) is 29.5 Å². The second-order valence-electron chi connectivity index (χ2n) is 14.8. The highest BCUT2D eigenvalue weighted by Gasteiger charge is 2.22. The van der Waals surface area contributed by atoms with Crippen molar-refractivity contribution in [3.63, 3.8) is 0 Å². The summed E-state index contributed by atoms with van der Waals surface area (Å²) in [4.78, 5) is 2.35. The van der Waals surface area contributed by atoms with Crippen molar-refractivity contribution >= 4 is 93.3 Å². The van der Waals surface area contributed by atoms with Crippen molar-refractivity contribution in [2.24, 2.45) is 0 Å². The number of furan rings is 2. The Kier molecular flexibility index (Phi) is 6.93. The van der Waals surface area contributed by atoms with Gasteiger partial charge in [-0.15, -0.1) is 0 Å². The van der Waals surface area contributed by atoms with Crippen LogP contribution in [0.5, 0.6) is 0 Å². The second kappa shape index (κ2) is 12.5. The molecule has 3 nitrogen and oxygen atoms in total. The highest BCUT2D eigenvalue weighted by molar-refractivity contribution is 6.36. The zero-order valence-corrected chi connectivity index (χ0v) is 30.8. The predicted octanol–water partition coefficient (Wildman–Crippen LogP) is 15.7. The minimum absolute atomic E-state index is 0.856. The average molecular weight is 728 g/mol. The predicted molar refractivity (Wildman–Crippen MR) is 239 cm³/mol. The van der Waals surface area contributed by atoms with Gasteiger partial charge in [0.2, 0.25) is 0 Å². The molecule has 2 aromatic heterocycles. The smallest absolute Gasteiger partial charge is 0.159 e. The fraction of sp³-hybridized carbons (Fsp3) is 0. The van der Waals surface area contributed by atoms with Gasteiger partial charge in [-0.25, -0.2) is 0 Å². The third kappa shape index (κ3) is 4.86. The standard InChI is InChI=1S/C54H33NO2/c1-2-14-34(15-3-1)35-16-10-18-37(32-35)55(47-27-13-26-45-40-20-6-8-28-48(40)57-54(45)47)38-19-11-17-36(33-38)39-24-12-25-42-44-30-31-50-53(46-23-7-9-29-49(46)56-50)52(44)43-22-5-4-21-41(43)51(39)42/h1-33H. The van der Waals surface area contributed by atoms with Crippen molar-refractivity contribution in [2.45, 2.75) is 0 Å². The molecule has 0 radical (unpaired) electrons. The van der Waals surface area contributed by atoms with Crippen molar-refractivity contribution in [2.75, 3.05) is 4.90 Å². The molecule has 57 heavy (non-hydrogen) atoms. The maximum absolute atomic E-state index is 6.69. The summed E-state index contributed by atoms with van der Waals surface area (Å²) >= 11 is 0. The van der Waals surface area contributed by atoms with E-state index in [4.69, 9.17) is 8.83 Å².